The Morgan fingerprint density at radius 1 is 0.941 bits per heavy atom. The number of hydrogen-bond donors (Lipinski definition) is 0. The summed E-state index contributed by atoms with van der Waals surface area (Å²) in [5.74, 6) is 0. The van der Waals surface area contributed by atoms with E-state index in [0.29, 0.717) is 12.1 Å². The highest BCUT2D eigenvalue weighted by Gasteiger charge is 2.71. The van der Waals surface area contributed by atoms with Crippen molar-refractivity contribution in [3.8, 4) is 0 Å². The van der Waals surface area contributed by atoms with E-state index in [1.165, 1.54) is 22.0 Å². The molecule has 0 saturated heterocycles. The van der Waals surface area contributed by atoms with Crippen LogP contribution in [0.5, 0.6) is 0 Å². The van der Waals surface area contributed by atoms with E-state index in [-0.39, 0.29) is 4.47 Å². The van der Waals surface area contributed by atoms with Gasteiger partial charge in [-0.2, -0.15) is 22.0 Å². The van der Waals surface area contributed by atoms with Crippen LogP contribution in [0.25, 0.3) is 0 Å². The Morgan fingerprint density at radius 3 is 1.82 bits per heavy atom. The predicted octanol–water partition coefficient (Wildman–Crippen LogP) is 5.16. The lowest BCUT2D eigenvalue weighted by Crippen LogP contribution is -2.49. The van der Waals surface area contributed by atoms with Gasteiger partial charge in [0.25, 0.3) is 0 Å². The second kappa shape index (κ2) is 4.46. The van der Waals surface area contributed by atoms with Crippen molar-refractivity contribution in [1.82, 2.24) is 0 Å². The van der Waals surface area contributed by atoms with Crippen molar-refractivity contribution in [1.29, 1.82) is 0 Å². The van der Waals surface area contributed by atoms with Crippen LogP contribution in [0.2, 0.25) is 0 Å². The lowest BCUT2D eigenvalue weighted by atomic mass is 9.95. The van der Waals surface area contributed by atoms with Gasteiger partial charge in [0.2, 0.25) is 0 Å². The molecule has 0 aliphatic carbocycles. The van der Waals surface area contributed by atoms with Crippen LogP contribution in [-0.4, -0.2) is 11.0 Å². The van der Waals surface area contributed by atoms with Gasteiger partial charge in [-0.05, 0) is 28.1 Å². The van der Waals surface area contributed by atoms with Gasteiger partial charge in [0, 0.05) is 10.0 Å². The molecular formula is C9H4Br2F6. The summed E-state index contributed by atoms with van der Waals surface area (Å²) in [6.07, 6.45) is -5.75. The van der Waals surface area contributed by atoms with Crippen LogP contribution in [0.1, 0.15) is 5.56 Å². The Morgan fingerprint density at radius 2 is 1.47 bits per heavy atom. The summed E-state index contributed by atoms with van der Waals surface area (Å²) < 4.78 is 77.2. The van der Waals surface area contributed by atoms with E-state index in [1.54, 1.807) is 0 Å². The van der Waals surface area contributed by atoms with Crippen molar-refractivity contribution in [2.24, 2.45) is 0 Å². The lowest BCUT2D eigenvalue weighted by molar-refractivity contribution is -0.282. The van der Waals surface area contributed by atoms with Crippen molar-refractivity contribution in [2.75, 3.05) is 0 Å². The number of halogens is 8. The Labute approximate surface area is 109 Å². The van der Waals surface area contributed by atoms with E-state index in [9.17, 15) is 26.3 Å². The zero-order chi connectivity index (χ0) is 13.5. The molecule has 8 heteroatoms. The maximum atomic E-state index is 13.8. The van der Waals surface area contributed by atoms with Gasteiger partial charge in [0.05, 0.1) is 0 Å². The van der Waals surface area contributed by atoms with Crippen molar-refractivity contribution in [2.45, 2.75) is 16.7 Å². The number of hydrogen-bond acceptors (Lipinski definition) is 0. The maximum Gasteiger partial charge on any atom is 0.433 e. The Bertz CT molecular complexity index is 395. The normalized spacial score (nSPS) is 16.7. The third kappa shape index (κ3) is 2.62. The molecule has 0 nitrogen and oxygen atoms in total. The summed E-state index contributed by atoms with van der Waals surface area (Å²) in [6.45, 7) is 0. The molecule has 1 unspecified atom stereocenters. The first kappa shape index (κ1) is 14.8. The Kier molecular flexibility index (Phi) is 3.88. The van der Waals surface area contributed by atoms with Gasteiger partial charge in [-0.3, -0.25) is 0 Å². The molecule has 0 spiro atoms. The van der Waals surface area contributed by atoms with Gasteiger partial charge in [0.15, 0.2) is 0 Å². The van der Waals surface area contributed by atoms with Crippen LogP contribution in [0.4, 0.5) is 26.3 Å². The highest BCUT2D eigenvalue weighted by molar-refractivity contribution is 9.10. The Hall–Kier alpha value is -0.240. The van der Waals surface area contributed by atoms with E-state index >= 15 is 0 Å². The topological polar surface area (TPSA) is 0 Å². The quantitative estimate of drug-likeness (QED) is 0.487. The number of rotatable bonds is 2. The van der Waals surface area contributed by atoms with Gasteiger partial charge in [-0.15, -0.1) is 0 Å². The van der Waals surface area contributed by atoms with Crippen molar-refractivity contribution >= 4 is 31.9 Å². The average molecular weight is 386 g/mol. The van der Waals surface area contributed by atoms with Gasteiger partial charge in [-0.25, -0.2) is 4.39 Å². The van der Waals surface area contributed by atoms with Crippen LogP contribution < -0.4 is 0 Å². The minimum atomic E-state index is -5.75. The predicted molar refractivity (Wildman–Crippen MR) is 56.9 cm³/mol. The molecule has 1 rings (SSSR count). The molecule has 0 aliphatic rings. The molecular weight excluding hydrogens is 382 g/mol. The largest absolute Gasteiger partial charge is 0.433 e. The summed E-state index contributed by atoms with van der Waals surface area (Å²) >= 11 is 4.25. The van der Waals surface area contributed by atoms with Gasteiger partial charge in [-0.1, -0.05) is 28.1 Å². The molecule has 0 aliphatic heterocycles. The minimum absolute atomic E-state index is 0.0676. The first-order valence-corrected chi connectivity index (χ1v) is 5.67. The minimum Gasteiger partial charge on any atom is -0.221 e. The summed E-state index contributed by atoms with van der Waals surface area (Å²) in [5.41, 5.74) is -5.97. The molecule has 0 bridgehead atoms. The summed E-state index contributed by atoms with van der Waals surface area (Å²) in [7, 11) is 0. The fraction of sp³-hybridized carbons (Fsp3) is 0.333. The molecule has 0 aromatic heterocycles. The first-order valence-electron chi connectivity index (χ1n) is 4.08. The summed E-state index contributed by atoms with van der Waals surface area (Å²) in [4.78, 5) is -4.76. The molecule has 0 saturated carbocycles. The second-order valence-corrected chi connectivity index (χ2v) is 5.08. The maximum absolute atomic E-state index is 13.8. The number of alkyl halides is 7. The summed E-state index contributed by atoms with van der Waals surface area (Å²) in [6, 6.07) is 3.64. The fourth-order valence-corrected chi connectivity index (χ4v) is 2.04. The molecule has 0 radical (unpaired) electrons. The van der Waals surface area contributed by atoms with E-state index in [2.05, 4.69) is 15.9 Å². The lowest BCUT2D eigenvalue weighted by Gasteiger charge is -2.31. The molecule has 0 amide bonds. The summed E-state index contributed by atoms with van der Waals surface area (Å²) in [5, 5.41) is 0. The van der Waals surface area contributed by atoms with Gasteiger partial charge < -0.3 is 0 Å². The van der Waals surface area contributed by atoms with Gasteiger partial charge >= 0.3 is 16.7 Å². The van der Waals surface area contributed by atoms with Crippen LogP contribution in [0.15, 0.2) is 28.7 Å². The second-order valence-electron chi connectivity index (χ2n) is 3.16. The highest BCUT2D eigenvalue weighted by Crippen LogP contribution is 2.55. The first-order chi connectivity index (χ1) is 7.50. The van der Waals surface area contributed by atoms with Crippen LogP contribution in [0, 0.1) is 0 Å². The SMILES string of the molecule is FC(F)(F)C(F)(c1cccc(Br)c1)C(F)(F)Br. The van der Waals surface area contributed by atoms with Crippen LogP contribution in [0.3, 0.4) is 0 Å². The highest BCUT2D eigenvalue weighted by atomic mass is 79.9. The molecule has 17 heavy (non-hydrogen) atoms. The van der Waals surface area contributed by atoms with Crippen molar-refractivity contribution in [3.63, 3.8) is 0 Å². The standard InChI is InChI=1S/C9H4Br2F6/c10-6-3-1-2-5(4-6)7(12,8(11,13)14)9(15,16)17/h1-4H. The zero-order valence-corrected chi connectivity index (χ0v) is 11.0. The molecule has 1 aromatic rings. The van der Waals surface area contributed by atoms with Gasteiger partial charge in [0.1, 0.15) is 0 Å². The number of benzene rings is 1. The van der Waals surface area contributed by atoms with E-state index in [1.807, 2.05) is 0 Å². The third-order valence-corrected chi connectivity index (χ3v) is 3.04. The fourth-order valence-electron chi connectivity index (χ4n) is 1.19. The third-order valence-electron chi connectivity index (χ3n) is 2.00. The average Bonchev–Trinajstić information content (AvgIpc) is 2.12. The van der Waals surface area contributed by atoms with E-state index < -0.39 is 22.2 Å². The zero-order valence-electron chi connectivity index (χ0n) is 7.83. The van der Waals surface area contributed by atoms with E-state index in [4.69, 9.17) is 0 Å². The molecule has 0 heterocycles. The monoisotopic (exact) mass is 384 g/mol. The molecule has 1 atom stereocenters. The smallest absolute Gasteiger partial charge is 0.221 e. The molecule has 1 aromatic carbocycles. The van der Waals surface area contributed by atoms with Crippen LogP contribution in [-0.2, 0) is 5.67 Å². The Balaban J connectivity index is 3.46. The van der Waals surface area contributed by atoms with Crippen molar-refractivity contribution < 1.29 is 26.3 Å². The molecule has 0 fully saturated rings. The molecule has 96 valence electrons. The van der Waals surface area contributed by atoms with E-state index in [0.717, 1.165) is 6.07 Å². The molecule has 0 N–H and O–H groups in total. The van der Waals surface area contributed by atoms with Crippen LogP contribution >= 0.6 is 31.9 Å². The van der Waals surface area contributed by atoms with Crippen molar-refractivity contribution in [3.05, 3.63) is 34.3 Å².